The van der Waals surface area contributed by atoms with Crippen molar-refractivity contribution < 1.29 is 14.3 Å². The minimum atomic E-state index is -0.0321. The van der Waals surface area contributed by atoms with E-state index in [0.29, 0.717) is 13.2 Å². The van der Waals surface area contributed by atoms with E-state index >= 15 is 0 Å². The Morgan fingerprint density at radius 3 is 2.31 bits per heavy atom. The minimum Gasteiger partial charge on any atom is -0.494 e. The second-order valence-electron chi connectivity index (χ2n) is 7.67. The molecule has 156 valence electrons. The highest BCUT2D eigenvalue weighted by Gasteiger charge is 2.28. The molecule has 0 aliphatic carbocycles. The molecule has 6 heteroatoms. The van der Waals surface area contributed by atoms with E-state index in [4.69, 9.17) is 9.47 Å². The molecule has 3 rings (SSSR count). The number of nitrogens with one attached hydrogen (secondary N) is 1. The molecule has 1 N–H and O–H groups in total. The smallest absolute Gasteiger partial charge is 0.234 e. The van der Waals surface area contributed by atoms with E-state index < -0.39 is 0 Å². The second-order valence-corrected chi connectivity index (χ2v) is 7.67. The molecule has 1 aliphatic heterocycles. The van der Waals surface area contributed by atoms with Crippen LogP contribution in [0.3, 0.4) is 0 Å². The minimum absolute atomic E-state index is 0.0201. The van der Waals surface area contributed by atoms with Crippen molar-refractivity contribution in [3.05, 3.63) is 54.1 Å². The van der Waals surface area contributed by atoms with E-state index in [0.717, 1.165) is 30.2 Å². The van der Waals surface area contributed by atoms with Crippen LogP contribution in [0.5, 0.6) is 11.5 Å². The quantitative estimate of drug-likeness (QED) is 0.705. The average molecular weight is 398 g/mol. The molecule has 29 heavy (non-hydrogen) atoms. The van der Waals surface area contributed by atoms with Gasteiger partial charge in [0.05, 0.1) is 32.3 Å². The summed E-state index contributed by atoms with van der Waals surface area (Å²) in [5.74, 6) is 1.78. The third-order valence-corrected chi connectivity index (χ3v) is 4.88. The van der Waals surface area contributed by atoms with Crippen molar-refractivity contribution in [1.29, 1.82) is 0 Å². The van der Waals surface area contributed by atoms with Gasteiger partial charge in [0.2, 0.25) is 5.91 Å². The number of likely N-dealkylation sites (N-methyl/N-ethyl adjacent to an activating group) is 1. The molecule has 0 bridgehead atoms. The average Bonchev–Trinajstić information content (AvgIpc) is 2.65. The van der Waals surface area contributed by atoms with Crippen LogP contribution in [-0.4, -0.2) is 57.2 Å². The number of amides is 1. The van der Waals surface area contributed by atoms with Gasteiger partial charge in [-0.15, -0.1) is 0 Å². The molecular formula is C23H31N3O3. The van der Waals surface area contributed by atoms with Crippen molar-refractivity contribution >= 4 is 11.6 Å². The molecule has 2 aromatic carbocycles. The molecule has 1 fully saturated rings. The summed E-state index contributed by atoms with van der Waals surface area (Å²) >= 11 is 0. The number of carbonyl (C=O) groups excluding carboxylic acids is 1. The largest absolute Gasteiger partial charge is 0.494 e. The van der Waals surface area contributed by atoms with Gasteiger partial charge in [-0.3, -0.25) is 4.79 Å². The number of ether oxygens (including phenoxy) is 2. The Morgan fingerprint density at radius 2 is 1.72 bits per heavy atom. The fourth-order valence-corrected chi connectivity index (χ4v) is 3.33. The first-order valence-electron chi connectivity index (χ1n) is 10.1. The van der Waals surface area contributed by atoms with Crippen molar-refractivity contribution in [1.82, 2.24) is 10.2 Å². The van der Waals surface area contributed by atoms with E-state index in [1.165, 1.54) is 5.69 Å². The lowest BCUT2D eigenvalue weighted by Crippen LogP contribution is -2.54. The summed E-state index contributed by atoms with van der Waals surface area (Å²) in [5, 5.41) is 3.01. The molecule has 1 atom stereocenters. The Bertz CT molecular complexity index is 784. The van der Waals surface area contributed by atoms with Gasteiger partial charge < -0.3 is 24.6 Å². The van der Waals surface area contributed by atoms with Gasteiger partial charge in [-0.25, -0.2) is 0 Å². The van der Waals surface area contributed by atoms with Crippen LogP contribution in [-0.2, 0) is 4.79 Å². The van der Waals surface area contributed by atoms with E-state index in [1.807, 2.05) is 69.2 Å². The number of nitrogens with zero attached hydrogens (tertiary/aromatic N) is 2. The monoisotopic (exact) mass is 397 g/mol. The van der Waals surface area contributed by atoms with Crippen molar-refractivity contribution in [2.75, 3.05) is 45.2 Å². The van der Waals surface area contributed by atoms with Gasteiger partial charge >= 0.3 is 0 Å². The molecule has 2 aromatic rings. The number of hydrogen-bond acceptors (Lipinski definition) is 5. The predicted molar refractivity (Wildman–Crippen MR) is 116 cm³/mol. The van der Waals surface area contributed by atoms with Crippen molar-refractivity contribution in [3.63, 3.8) is 0 Å². The van der Waals surface area contributed by atoms with Crippen LogP contribution in [0.1, 0.15) is 25.5 Å². The summed E-state index contributed by atoms with van der Waals surface area (Å²) in [6.07, 6.45) is 0.185. The molecule has 0 radical (unpaired) electrons. The van der Waals surface area contributed by atoms with Crippen LogP contribution in [0.2, 0.25) is 0 Å². The number of anilines is 1. The van der Waals surface area contributed by atoms with Gasteiger partial charge in [0, 0.05) is 5.69 Å². The molecule has 0 spiro atoms. The van der Waals surface area contributed by atoms with E-state index in [1.54, 1.807) is 0 Å². The maximum absolute atomic E-state index is 11.9. The Hall–Kier alpha value is -2.73. The molecular weight excluding hydrogens is 366 g/mol. The first-order chi connectivity index (χ1) is 13.9. The van der Waals surface area contributed by atoms with Gasteiger partial charge in [0.1, 0.15) is 17.6 Å². The fraction of sp³-hybridized carbons (Fsp3) is 0.435. The third kappa shape index (κ3) is 5.87. The standard InChI is InChI=1S/C23H31N3O3/c1-5-28-20-12-8-19(9-13-20)26-14-22(15-26)29-21-10-6-18(7-11-21)17(2)24-23(27)16-25(3)4/h6-13,17,22H,5,14-16H2,1-4H3,(H,24,27)/t17-/m0/s1. The van der Waals surface area contributed by atoms with Crippen LogP contribution in [0, 0.1) is 0 Å². The zero-order valence-corrected chi connectivity index (χ0v) is 17.7. The van der Waals surface area contributed by atoms with Gasteiger partial charge in [-0.05, 0) is 69.9 Å². The van der Waals surface area contributed by atoms with E-state index in [-0.39, 0.29) is 18.1 Å². The van der Waals surface area contributed by atoms with Crippen LogP contribution in [0.15, 0.2) is 48.5 Å². The van der Waals surface area contributed by atoms with Crippen molar-refractivity contribution in [2.45, 2.75) is 26.0 Å². The van der Waals surface area contributed by atoms with E-state index in [2.05, 4.69) is 22.3 Å². The van der Waals surface area contributed by atoms with Gasteiger partial charge in [0.15, 0.2) is 0 Å². The van der Waals surface area contributed by atoms with Gasteiger partial charge in [-0.2, -0.15) is 0 Å². The molecule has 0 aromatic heterocycles. The maximum atomic E-state index is 11.9. The number of benzene rings is 2. The van der Waals surface area contributed by atoms with Crippen LogP contribution < -0.4 is 19.7 Å². The van der Waals surface area contributed by atoms with Crippen LogP contribution >= 0.6 is 0 Å². The zero-order valence-electron chi connectivity index (χ0n) is 17.7. The summed E-state index contributed by atoms with van der Waals surface area (Å²) in [5.41, 5.74) is 2.25. The fourth-order valence-electron chi connectivity index (χ4n) is 3.33. The third-order valence-electron chi connectivity index (χ3n) is 4.88. The number of carbonyl (C=O) groups is 1. The molecule has 1 saturated heterocycles. The first-order valence-corrected chi connectivity index (χ1v) is 10.1. The van der Waals surface area contributed by atoms with Crippen LogP contribution in [0.25, 0.3) is 0 Å². The predicted octanol–water partition coefficient (Wildman–Crippen LogP) is 3.09. The SMILES string of the molecule is CCOc1ccc(N2CC(Oc3ccc([C@H](C)NC(=O)CN(C)C)cc3)C2)cc1. The van der Waals surface area contributed by atoms with Gasteiger partial charge in [0.25, 0.3) is 0 Å². The molecule has 1 amide bonds. The summed E-state index contributed by atoms with van der Waals surface area (Å²) in [6, 6.07) is 16.1. The highest BCUT2D eigenvalue weighted by Crippen LogP contribution is 2.26. The lowest BCUT2D eigenvalue weighted by Gasteiger charge is -2.40. The summed E-state index contributed by atoms with van der Waals surface area (Å²) < 4.78 is 11.6. The Balaban J connectivity index is 1.45. The Kier molecular flexibility index (Phi) is 6.99. The van der Waals surface area contributed by atoms with E-state index in [9.17, 15) is 4.79 Å². The summed E-state index contributed by atoms with van der Waals surface area (Å²) in [7, 11) is 3.77. The lowest BCUT2D eigenvalue weighted by molar-refractivity contribution is -0.122. The van der Waals surface area contributed by atoms with Crippen LogP contribution in [0.4, 0.5) is 5.69 Å². The topological polar surface area (TPSA) is 54.0 Å². The lowest BCUT2D eigenvalue weighted by atomic mass is 10.1. The molecule has 1 aliphatic rings. The Labute approximate surface area is 173 Å². The zero-order chi connectivity index (χ0) is 20.8. The van der Waals surface area contributed by atoms with Crippen molar-refractivity contribution in [2.24, 2.45) is 0 Å². The molecule has 0 unspecified atom stereocenters. The molecule has 0 saturated carbocycles. The summed E-state index contributed by atoms with van der Waals surface area (Å²) in [4.78, 5) is 16.1. The number of hydrogen-bond donors (Lipinski definition) is 1. The Morgan fingerprint density at radius 1 is 1.10 bits per heavy atom. The molecule has 6 nitrogen and oxygen atoms in total. The first kappa shape index (κ1) is 21.0. The second kappa shape index (κ2) is 9.65. The summed E-state index contributed by atoms with van der Waals surface area (Å²) in [6.45, 7) is 6.78. The highest BCUT2D eigenvalue weighted by atomic mass is 16.5. The van der Waals surface area contributed by atoms with Crippen molar-refractivity contribution in [3.8, 4) is 11.5 Å². The normalized spacial score (nSPS) is 15.0. The maximum Gasteiger partial charge on any atom is 0.234 e. The van der Waals surface area contributed by atoms with Gasteiger partial charge in [-0.1, -0.05) is 12.1 Å². The number of rotatable bonds is 9. The highest BCUT2D eigenvalue weighted by molar-refractivity contribution is 5.78. The molecule has 1 heterocycles.